The van der Waals surface area contributed by atoms with E-state index < -0.39 is 0 Å². The number of benzene rings is 2. The normalized spacial score (nSPS) is 10.0. The molecule has 0 aliphatic rings. The molecule has 0 saturated carbocycles. The van der Waals surface area contributed by atoms with Gasteiger partial charge in [0.15, 0.2) is 0 Å². The number of nitrogens with zero attached hydrogens (tertiary/aromatic N) is 2. The molecule has 2 aromatic carbocycles. The zero-order valence-corrected chi connectivity index (χ0v) is 12.5. The third-order valence-electron chi connectivity index (χ3n) is 2.91. The third kappa shape index (κ3) is 4.89. The van der Waals surface area contributed by atoms with Gasteiger partial charge in [-0.15, -0.1) is 5.73 Å². The Balaban J connectivity index is 1.97. The Morgan fingerprint density at radius 2 is 1.73 bits per heavy atom. The van der Waals surface area contributed by atoms with Crippen LogP contribution >= 0.6 is 0 Å². The first-order valence-electron chi connectivity index (χ1n) is 7.11. The molecule has 0 fully saturated rings. The number of carbonyl (C=O) groups excluding carboxylic acids is 1. The first kappa shape index (κ1) is 15.5. The highest BCUT2D eigenvalue weighted by Crippen LogP contribution is 2.13. The van der Waals surface area contributed by atoms with Gasteiger partial charge < -0.3 is 0 Å². The molecule has 2 aromatic rings. The second kappa shape index (κ2) is 8.40. The average molecular weight is 290 g/mol. The van der Waals surface area contributed by atoms with Gasteiger partial charge in [0.05, 0.1) is 11.9 Å². The summed E-state index contributed by atoms with van der Waals surface area (Å²) in [6.07, 6.45) is 5.96. The van der Waals surface area contributed by atoms with E-state index >= 15 is 0 Å². The highest BCUT2D eigenvalue weighted by atomic mass is 16.2. The molecular weight excluding hydrogens is 272 g/mol. The lowest BCUT2D eigenvalue weighted by atomic mass is 10.3. The van der Waals surface area contributed by atoms with Crippen LogP contribution in [0.3, 0.4) is 0 Å². The number of amides is 1. The molecule has 0 spiro atoms. The fourth-order valence-electron chi connectivity index (χ4n) is 1.86. The Bertz CT molecular complexity index is 684. The second-order valence-electron chi connectivity index (χ2n) is 4.61. The highest BCUT2D eigenvalue weighted by molar-refractivity contribution is 5.93. The van der Waals surface area contributed by atoms with Crippen LogP contribution in [0.1, 0.15) is 13.3 Å². The molecule has 0 aromatic heterocycles. The third-order valence-corrected chi connectivity index (χ3v) is 2.91. The maximum atomic E-state index is 11.7. The summed E-state index contributed by atoms with van der Waals surface area (Å²) in [5, 5.41) is 0. The van der Waals surface area contributed by atoms with Crippen molar-refractivity contribution in [2.75, 3.05) is 4.90 Å². The molecule has 0 N–H and O–H groups in total. The Kier molecular flexibility index (Phi) is 5.91. The van der Waals surface area contributed by atoms with Crippen molar-refractivity contribution in [1.82, 2.24) is 0 Å². The second-order valence-corrected chi connectivity index (χ2v) is 4.61. The molecule has 3 heteroatoms. The predicted octanol–water partition coefficient (Wildman–Crippen LogP) is 4.50. The largest absolute Gasteiger partial charge is 0.281 e. The first-order valence-corrected chi connectivity index (χ1v) is 7.11. The molecule has 22 heavy (non-hydrogen) atoms. The fourth-order valence-corrected chi connectivity index (χ4v) is 1.86. The van der Waals surface area contributed by atoms with Crippen LogP contribution in [0.25, 0.3) is 0 Å². The van der Waals surface area contributed by atoms with E-state index in [-0.39, 0.29) is 5.91 Å². The number of carbonyl (C=O) groups is 1. The maximum Gasteiger partial charge on any atom is 0.228 e. The summed E-state index contributed by atoms with van der Waals surface area (Å²) in [6.45, 7) is 1.53. The molecule has 2 rings (SSSR count). The predicted molar refractivity (Wildman–Crippen MR) is 91.5 cm³/mol. The maximum absolute atomic E-state index is 11.7. The number of hydrogen-bond acceptors (Lipinski definition) is 2. The van der Waals surface area contributed by atoms with Gasteiger partial charge in [-0.3, -0.25) is 14.7 Å². The van der Waals surface area contributed by atoms with Crippen LogP contribution in [-0.2, 0) is 4.79 Å². The summed E-state index contributed by atoms with van der Waals surface area (Å²) in [6, 6.07) is 19.2. The molecule has 0 bridgehead atoms. The molecule has 0 radical (unpaired) electrons. The number of para-hydroxylation sites is 2. The molecule has 110 valence electrons. The molecule has 0 aliphatic heterocycles. The zero-order chi connectivity index (χ0) is 15.6. The lowest BCUT2D eigenvalue weighted by Gasteiger charge is -2.14. The topological polar surface area (TPSA) is 32.7 Å². The summed E-state index contributed by atoms with van der Waals surface area (Å²) in [4.78, 5) is 17.5. The number of rotatable bonds is 5. The summed E-state index contributed by atoms with van der Waals surface area (Å²) in [5.41, 5.74) is 4.77. The van der Waals surface area contributed by atoms with Crippen LogP contribution in [0.2, 0.25) is 0 Å². The van der Waals surface area contributed by atoms with E-state index in [2.05, 4.69) is 10.7 Å². The number of hydrogen-bond donors (Lipinski definition) is 0. The van der Waals surface area contributed by atoms with E-state index in [0.717, 1.165) is 11.4 Å². The van der Waals surface area contributed by atoms with Crippen molar-refractivity contribution in [2.24, 2.45) is 4.99 Å². The van der Waals surface area contributed by atoms with Crippen molar-refractivity contribution in [3.8, 4) is 0 Å². The van der Waals surface area contributed by atoms with Gasteiger partial charge >= 0.3 is 0 Å². The van der Waals surface area contributed by atoms with Crippen molar-refractivity contribution in [1.29, 1.82) is 0 Å². The number of allylic oxidation sites excluding steroid dienone is 1. The monoisotopic (exact) mass is 290 g/mol. The number of anilines is 1. The Morgan fingerprint density at radius 3 is 2.36 bits per heavy atom. The minimum absolute atomic E-state index is 0.0509. The average Bonchev–Trinajstić information content (AvgIpc) is 2.55. The Morgan fingerprint density at radius 1 is 1.09 bits per heavy atom. The Labute approximate surface area is 130 Å². The summed E-state index contributed by atoms with van der Waals surface area (Å²) in [5.74, 6) is -0.0509. The van der Waals surface area contributed by atoms with Gasteiger partial charge in [-0.25, -0.2) is 0 Å². The molecule has 3 nitrogen and oxygen atoms in total. The van der Waals surface area contributed by atoms with E-state index in [1.54, 1.807) is 11.1 Å². The molecule has 0 atom stereocenters. The van der Waals surface area contributed by atoms with Crippen molar-refractivity contribution in [3.05, 3.63) is 78.7 Å². The summed E-state index contributed by atoms with van der Waals surface area (Å²) >= 11 is 0. The van der Waals surface area contributed by atoms with Gasteiger partial charge in [0.2, 0.25) is 5.91 Å². The van der Waals surface area contributed by atoms with Gasteiger partial charge in [0.1, 0.15) is 0 Å². The first-order chi connectivity index (χ1) is 10.8. The van der Waals surface area contributed by atoms with E-state index in [4.69, 9.17) is 0 Å². The standard InChI is InChI=1S/C19H18N2O/c1-17(22)21(19-13-7-3-8-14-19)16-10-4-9-15-20-18-11-5-2-6-12-18/h2-8,11-16H,9H2,1H3. The van der Waals surface area contributed by atoms with Crippen molar-refractivity contribution in [3.63, 3.8) is 0 Å². The SMILES string of the molecule is CC(=O)N(C=C=CCC=Nc1ccccc1)c1ccccc1. The van der Waals surface area contributed by atoms with E-state index in [0.29, 0.717) is 6.42 Å². The van der Waals surface area contributed by atoms with Crippen LogP contribution in [0.15, 0.2) is 83.7 Å². The van der Waals surface area contributed by atoms with Gasteiger partial charge in [0.25, 0.3) is 0 Å². The van der Waals surface area contributed by atoms with Crippen LogP contribution in [0.4, 0.5) is 11.4 Å². The van der Waals surface area contributed by atoms with E-state index in [1.165, 1.54) is 6.92 Å². The van der Waals surface area contributed by atoms with Gasteiger partial charge in [-0.2, -0.15) is 0 Å². The van der Waals surface area contributed by atoms with Gasteiger partial charge in [0, 0.05) is 25.2 Å². The van der Waals surface area contributed by atoms with Crippen molar-refractivity contribution >= 4 is 23.5 Å². The molecule has 0 unspecified atom stereocenters. The minimum Gasteiger partial charge on any atom is -0.281 e. The molecule has 0 aliphatic carbocycles. The number of aliphatic imine (C=N–C) groups is 1. The quantitative estimate of drug-likeness (QED) is 0.589. The Hall–Kier alpha value is -2.90. The van der Waals surface area contributed by atoms with Crippen LogP contribution in [0.5, 0.6) is 0 Å². The van der Waals surface area contributed by atoms with E-state index in [1.807, 2.05) is 73.0 Å². The molecule has 0 heterocycles. The summed E-state index contributed by atoms with van der Waals surface area (Å²) < 4.78 is 0. The molecule has 1 amide bonds. The van der Waals surface area contributed by atoms with E-state index in [9.17, 15) is 4.79 Å². The van der Waals surface area contributed by atoms with Crippen molar-refractivity contribution in [2.45, 2.75) is 13.3 Å². The van der Waals surface area contributed by atoms with Crippen LogP contribution in [0, 0.1) is 0 Å². The fraction of sp³-hybridized carbons (Fsp3) is 0.105. The summed E-state index contributed by atoms with van der Waals surface area (Å²) in [7, 11) is 0. The van der Waals surface area contributed by atoms with Crippen LogP contribution in [-0.4, -0.2) is 12.1 Å². The van der Waals surface area contributed by atoms with Crippen molar-refractivity contribution < 1.29 is 4.79 Å². The van der Waals surface area contributed by atoms with Gasteiger partial charge in [-0.05, 0) is 30.3 Å². The highest BCUT2D eigenvalue weighted by Gasteiger charge is 2.05. The molecular formula is C19H18N2O. The minimum atomic E-state index is -0.0509. The lowest BCUT2D eigenvalue weighted by Crippen LogP contribution is -2.21. The lowest BCUT2D eigenvalue weighted by molar-refractivity contribution is -0.115. The van der Waals surface area contributed by atoms with Gasteiger partial charge in [-0.1, -0.05) is 36.4 Å². The van der Waals surface area contributed by atoms with Crippen LogP contribution < -0.4 is 4.90 Å². The smallest absolute Gasteiger partial charge is 0.228 e. The zero-order valence-electron chi connectivity index (χ0n) is 12.5. The molecule has 0 saturated heterocycles.